The third-order valence-corrected chi connectivity index (χ3v) is 6.28. The highest BCUT2D eigenvalue weighted by molar-refractivity contribution is 6.36. The van der Waals surface area contributed by atoms with Gasteiger partial charge in [0.05, 0.1) is 30.0 Å². The van der Waals surface area contributed by atoms with Crippen molar-refractivity contribution in [3.63, 3.8) is 0 Å². The topological polar surface area (TPSA) is 125 Å². The molecule has 0 spiro atoms. The van der Waals surface area contributed by atoms with E-state index in [1.54, 1.807) is 31.5 Å². The molecule has 1 atom stereocenters. The third kappa shape index (κ3) is 4.66. The second-order valence-electron chi connectivity index (χ2n) is 8.48. The van der Waals surface area contributed by atoms with Crippen LogP contribution < -0.4 is 10.6 Å². The first kappa shape index (κ1) is 23.5. The molecule has 3 heterocycles. The number of fused-ring (bicyclic) bond motifs is 1. The smallest absolute Gasteiger partial charge is 0.256 e. The van der Waals surface area contributed by atoms with Gasteiger partial charge in [-0.25, -0.2) is 4.68 Å². The second kappa shape index (κ2) is 9.80. The van der Waals surface area contributed by atoms with Crippen LogP contribution in [0.15, 0.2) is 61.1 Å². The van der Waals surface area contributed by atoms with Crippen LogP contribution >= 0.6 is 11.6 Å². The van der Waals surface area contributed by atoms with Crippen molar-refractivity contribution in [1.29, 1.82) is 0 Å². The van der Waals surface area contributed by atoms with Gasteiger partial charge in [0.15, 0.2) is 0 Å². The van der Waals surface area contributed by atoms with Crippen LogP contribution in [0.4, 0.5) is 5.69 Å². The lowest BCUT2D eigenvalue weighted by molar-refractivity contribution is -0.110. The van der Waals surface area contributed by atoms with Gasteiger partial charge in [0.1, 0.15) is 0 Å². The molecule has 2 aromatic heterocycles. The van der Waals surface area contributed by atoms with Gasteiger partial charge in [0.25, 0.3) is 11.8 Å². The quantitative estimate of drug-likeness (QED) is 0.288. The number of rotatable bonds is 7. The maximum Gasteiger partial charge on any atom is 0.256 e. The number of hydrogen-bond donors (Lipinski definition) is 4. The molecule has 1 aliphatic heterocycles. The summed E-state index contributed by atoms with van der Waals surface area (Å²) in [5, 5.41) is 23.9. The number of aromatic amines is 1. The molecule has 2 aromatic carbocycles. The first-order valence-electron chi connectivity index (χ1n) is 11.3. The molecule has 1 unspecified atom stereocenters. The molecule has 4 aromatic rings. The number of aliphatic hydroxyl groups excluding tert-OH is 1. The molecule has 5 rings (SSSR count). The van der Waals surface area contributed by atoms with E-state index in [4.69, 9.17) is 11.6 Å². The number of nitrogens with zero attached hydrogens (tertiary/aromatic N) is 3. The van der Waals surface area contributed by atoms with Crippen LogP contribution in [0.1, 0.15) is 27.2 Å². The van der Waals surface area contributed by atoms with E-state index in [1.165, 1.54) is 10.9 Å². The first-order chi connectivity index (χ1) is 17.4. The average molecular weight is 503 g/mol. The standard InChI is InChI=1S/C26H23ClN6O3/c1-15-21(25(35)29-12-18(34)14-33-9-8-30-32-33)13-28-23(15)11-20-24-19(16-4-2-5-17(27)10-16)6-3-7-22(24)31-26(20)36/h2-11,13,18,28,34H,12,14H2,1H3,(H,29,35)(H,31,36)/b20-11-. The Balaban J connectivity index is 1.39. The molecule has 182 valence electrons. The number of carbonyl (C=O) groups is 2. The lowest BCUT2D eigenvalue weighted by Crippen LogP contribution is -2.34. The SMILES string of the molecule is Cc1c(C(=O)NCC(O)Cn2ccnn2)c[nH]c1/C=C1\C(=O)Nc2cccc(-c3cccc(Cl)c3)c21. The van der Waals surface area contributed by atoms with Gasteiger partial charge in [-0.15, -0.1) is 5.10 Å². The minimum Gasteiger partial charge on any atom is -0.389 e. The lowest BCUT2D eigenvalue weighted by atomic mass is 9.94. The van der Waals surface area contributed by atoms with E-state index in [1.807, 2.05) is 36.4 Å². The van der Waals surface area contributed by atoms with Crippen molar-refractivity contribution >= 4 is 40.8 Å². The van der Waals surface area contributed by atoms with Gasteiger partial charge in [-0.05, 0) is 47.9 Å². The molecule has 9 nitrogen and oxygen atoms in total. The summed E-state index contributed by atoms with van der Waals surface area (Å²) < 4.78 is 1.49. The molecule has 1 aliphatic rings. The van der Waals surface area contributed by atoms with Crippen LogP contribution in [0.5, 0.6) is 0 Å². The predicted octanol–water partition coefficient (Wildman–Crippen LogP) is 3.52. The largest absolute Gasteiger partial charge is 0.389 e. The van der Waals surface area contributed by atoms with Crippen LogP contribution in [0.25, 0.3) is 22.8 Å². The van der Waals surface area contributed by atoms with Crippen LogP contribution in [0, 0.1) is 6.92 Å². The monoisotopic (exact) mass is 502 g/mol. The second-order valence-corrected chi connectivity index (χ2v) is 8.92. The van der Waals surface area contributed by atoms with Crippen LogP contribution in [0.3, 0.4) is 0 Å². The van der Waals surface area contributed by atoms with Crippen LogP contribution in [-0.4, -0.2) is 49.5 Å². The molecule has 10 heteroatoms. The molecule has 2 amide bonds. The average Bonchev–Trinajstić information content (AvgIpc) is 3.58. The highest BCUT2D eigenvalue weighted by Crippen LogP contribution is 2.41. The Labute approximate surface area is 211 Å². The lowest BCUT2D eigenvalue weighted by Gasteiger charge is -2.11. The Hall–Kier alpha value is -4.21. The summed E-state index contributed by atoms with van der Waals surface area (Å²) in [4.78, 5) is 28.8. The van der Waals surface area contributed by atoms with Gasteiger partial charge >= 0.3 is 0 Å². The number of benzene rings is 2. The fourth-order valence-electron chi connectivity index (χ4n) is 4.24. The number of amides is 2. The third-order valence-electron chi connectivity index (χ3n) is 6.04. The Morgan fingerprint density at radius 1 is 1.28 bits per heavy atom. The number of aliphatic hydroxyl groups is 1. The fourth-order valence-corrected chi connectivity index (χ4v) is 4.43. The summed E-state index contributed by atoms with van der Waals surface area (Å²) in [5.74, 6) is -0.558. The number of nitrogens with one attached hydrogen (secondary N) is 3. The van der Waals surface area contributed by atoms with Crippen molar-refractivity contribution in [3.8, 4) is 11.1 Å². The molecule has 36 heavy (non-hydrogen) atoms. The maximum absolute atomic E-state index is 12.9. The van der Waals surface area contributed by atoms with E-state index in [9.17, 15) is 14.7 Å². The van der Waals surface area contributed by atoms with E-state index in [0.717, 1.165) is 16.7 Å². The highest BCUT2D eigenvalue weighted by atomic mass is 35.5. The van der Waals surface area contributed by atoms with E-state index in [0.29, 0.717) is 33.1 Å². The van der Waals surface area contributed by atoms with Gasteiger partial charge in [0.2, 0.25) is 0 Å². The number of H-pyrrole nitrogens is 1. The summed E-state index contributed by atoms with van der Waals surface area (Å²) in [6.07, 6.45) is 5.68. The number of carbonyl (C=O) groups excluding carboxylic acids is 2. The molecular weight excluding hydrogens is 480 g/mol. The Bertz CT molecular complexity index is 1470. The molecule has 4 N–H and O–H groups in total. The van der Waals surface area contributed by atoms with Gasteiger partial charge in [-0.1, -0.05) is 41.1 Å². The summed E-state index contributed by atoms with van der Waals surface area (Å²) in [6.45, 7) is 2.08. The summed E-state index contributed by atoms with van der Waals surface area (Å²) in [6, 6.07) is 13.2. The Kier molecular flexibility index (Phi) is 6.41. The fraction of sp³-hybridized carbons (Fsp3) is 0.154. The first-order valence-corrected chi connectivity index (χ1v) is 11.7. The Morgan fingerprint density at radius 2 is 2.11 bits per heavy atom. The number of aromatic nitrogens is 4. The van der Waals surface area contributed by atoms with Gasteiger partial charge < -0.3 is 20.7 Å². The van der Waals surface area contributed by atoms with Crippen molar-refractivity contribution < 1.29 is 14.7 Å². The molecular formula is C26H23ClN6O3. The molecule has 0 radical (unpaired) electrons. The number of anilines is 1. The van der Waals surface area contributed by atoms with Crippen molar-refractivity contribution in [2.24, 2.45) is 0 Å². The summed E-state index contributed by atoms with van der Waals surface area (Å²) >= 11 is 6.21. The van der Waals surface area contributed by atoms with E-state index in [2.05, 4.69) is 25.9 Å². The van der Waals surface area contributed by atoms with E-state index < -0.39 is 6.10 Å². The Morgan fingerprint density at radius 3 is 2.89 bits per heavy atom. The zero-order chi connectivity index (χ0) is 25.2. The maximum atomic E-state index is 12.9. The van der Waals surface area contributed by atoms with Gasteiger partial charge in [0, 0.05) is 40.9 Å². The number of hydrogen-bond acceptors (Lipinski definition) is 5. The zero-order valence-electron chi connectivity index (χ0n) is 19.3. The van der Waals surface area contributed by atoms with E-state index in [-0.39, 0.29) is 24.9 Å². The van der Waals surface area contributed by atoms with Gasteiger partial charge in [-0.2, -0.15) is 0 Å². The number of halogens is 1. The van der Waals surface area contributed by atoms with Gasteiger partial charge in [-0.3, -0.25) is 9.59 Å². The highest BCUT2D eigenvalue weighted by Gasteiger charge is 2.28. The normalized spacial score (nSPS) is 14.5. The zero-order valence-corrected chi connectivity index (χ0v) is 20.1. The van der Waals surface area contributed by atoms with Crippen molar-refractivity contribution in [2.45, 2.75) is 19.6 Å². The van der Waals surface area contributed by atoms with Crippen LogP contribution in [-0.2, 0) is 11.3 Å². The molecule has 0 saturated carbocycles. The summed E-state index contributed by atoms with van der Waals surface area (Å²) in [5.41, 5.74) is 5.51. The van der Waals surface area contributed by atoms with Crippen LogP contribution in [0.2, 0.25) is 5.02 Å². The van der Waals surface area contributed by atoms with Crippen molar-refractivity contribution in [3.05, 3.63) is 88.5 Å². The minimum absolute atomic E-state index is 0.0541. The van der Waals surface area contributed by atoms with E-state index >= 15 is 0 Å². The van der Waals surface area contributed by atoms with Crippen molar-refractivity contribution in [2.75, 3.05) is 11.9 Å². The van der Waals surface area contributed by atoms with Crippen molar-refractivity contribution in [1.82, 2.24) is 25.3 Å². The molecule has 0 fully saturated rings. The molecule has 0 aliphatic carbocycles. The minimum atomic E-state index is -0.819. The summed E-state index contributed by atoms with van der Waals surface area (Å²) in [7, 11) is 0. The molecule has 0 bridgehead atoms. The predicted molar refractivity (Wildman–Crippen MR) is 137 cm³/mol. The molecule has 0 saturated heterocycles.